The fourth-order valence-corrected chi connectivity index (χ4v) is 1.63. The Kier molecular flexibility index (Phi) is 11.1. The van der Waals surface area contributed by atoms with Crippen LogP contribution >= 0.6 is 0 Å². The Bertz CT molecular complexity index is 190. The van der Waals surface area contributed by atoms with Crippen LogP contribution < -0.4 is 0 Å². The van der Waals surface area contributed by atoms with Gasteiger partial charge in [0.2, 0.25) is 0 Å². The number of rotatable bonds is 7. The second kappa shape index (κ2) is 9.08. The molecule has 0 unspecified atom stereocenters. The Morgan fingerprint density at radius 1 is 1.00 bits per heavy atom. The summed E-state index contributed by atoms with van der Waals surface area (Å²) < 4.78 is 28.9. The van der Waals surface area contributed by atoms with Crippen molar-refractivity contribution >= 4 is 29.0 Å². The van der Waals surface area contributed by atoms with Gasteiger partial charge in [-0.3, -0.25) is 4.55 Å². The summed E-state index contributed by atoms with van der Waals surface area (Å²) in [4.78, 5) is 0. The van der Waals surface area contributed by atoms with Crippen molar-refractivity contribution in [3.63, 3.8) is 0 Å². The van der Waals surface area contributed by atoms with E-state index in [-0.39, 0.29) is 24.6 Å². The third-order valence-electron chi connectivity index (χ3n) is 1.76. The molecule has 0 amide bonds. The first-order chi connectivity index (χ1) is 5.56. The van der Waals surface area contributed by atoms with Crippen LogP contribution in [0.3, 0.4) is 0 Å². The van der Waals surface area contributed by atoms with E-state index in [4.69, 9.17) is 4.55 Å². The molecule has 0 saturated heterocycles. The van der Waals surface area contributed by atoms with Crippen LogP contribution in [0.1, 0.15) is 45.4 Å². The van der Waals surface area contributed by atoms with Crippen molar-refractivity contribution in [2.75, 3.05) is 5.75 Å². The topological polar surface area (TPSA) is 54.4 Å². The van der Waals surface area contributed by atoms with Crippen molar-refractivity contribution in [2.24, 2.45) is 0 Å². The average Bonchev–Trinajstić information content (AvgIpc) is 1.94. The van der Waals surface area contributed by atoms with E-state index < -0.39 is 10.1 Å². The molecule has 0 bridgehead atoms. The first kappa shape index (κ1) is 16.0. The van der Waals surface area contributed by atoms with Gasteiger partial charge in [-0.15, -0.1) is 0 Å². The Morgan fingerprint density at radius 2 is 1.46 bits per heavy atom. The van der Waals surface area contributed by atoms with Crippen LogP contribution in [0.15, 0.2) is 0 Å². The molecule has 0 aliphatic heterocycles. The molecule has 0 atom stereocenters. The molecular formula is C8H19LiO3S. The summed E-state index contributed by atoms with van der Waals surface area (Å²) in [5, 5.41) is 0. The molecule has 1 N–H and O–H groups in total. The van der Waals surface area contributed by atoms with Gasteiger partial charge in [-0.25, -0.2) is 0 Å². The van der Waals surface area contributed by atoms with Gasteiger partial charge in [-0.2, -0.15) is 8.42 Å². The molecule has 3 nitrogen and oxygen atoms in total. The van der Waals surface area contributed by atoms with Crippen LogP contribution in [0.25, 0.3) is 0 Å². The van der Waals surface area contributed by atoms with Crippen LogP contribution in [0.5, 0.6) is 0 Å². The fourth-order valence-electron chi connectivity index (χ4n) is 1.06. The molecule has 0 saturated carbocycles. The van der Waals surface area contributed by atoms with Crippen LogP contribution in [-0.2, 0) is 10.1 Å². The zero-order valence-electron chi connectivity index (χ0n) is 7.62. The monoisotopic (exact) mass is 202 g/mol. The Morgan fingerprint density at radius 3 is 1.92 bits per heavy atom. The molecule has 5 heteroatoms. The van der Waals surface area contributed by atoms with Crippen LogP contribution in [0.4, 0.5) is 0 Å². The SMILES string of the molecule is CCCCCCCCS(=O)(=O)O.[LiH]. The number of hydrogen-bond acceptors (Lipinski definition) is 2. The molecule has 0 heterocycles. The normalized spacial score (nSPS) is 10.9. The van der Waals surface area contributed by atoms with Crippen molar-refractivity contribution in [2.45, 2.75) is 45.4 Å². The summed E-state index contributed by atoms with van der Waals surface area (Å²) in [6, 6.07) is 0. The van der Waals surface area contributed by atoms with E-state index in [2.05, 4.69) is 6.92 Å². The predicted molar refractivity (Wildman–Crippen MR) is 56.9 cm³/mol. The molecule has 76 valence electrons. The molecule has 0 aromatic heterocycles. The maximum absolute atomic E-state index is 10.3. The second-order valence-electron chi connectivity index (χ2n) is 3.05. The summed E-state index contributed by atoms with van der Waals surface area (Å²) in [5.41, 5.74) is 0. The molecule has 0 aromatic carbocycles. The number of unbranched alkanes of at least 4 members (excludes halogenated alkanes) is 5. The number of hydrogen-bond donors (Lipinski definition) is 1. The van der Waals surface area contributed by atoms with Crippen LogP contribution in [0, 0.1) is 0 Å². The summed E-state index contributed by atoms with van der Waals surface area (Å²) in [6.07, 6.45) is 6.14. The quantitative estimate of drug-likeness (QED) is 0.387. The third kappa shape index (κ3) is 15.3. The van der Waals surface area contributed by atoms with E-state index in [0.717, 1.165) is 12.8 Å². The second-order valence-corrected chi connectivity index (χ2v) is 4.63. The van der Waals surface area contributed by atoms with Gasteiger partial charge in [0.15, 0.2) is 0 Å². The summed E-state index contributed by atoms with van der Waals surface area (Å²) >= 11 is 0. The van der Waals surface area contributed by atoms with Gasteiger partial charge in [0.05, 0.1) is 5.75 Å². The molecule has 0 aliphatic rings. The van der Waals surface area contributed by atoms with Gasteiger partial charge < -0.3 is 0 Å². The minimum absolute atomic E-state index is 0. The van der Waals surface area contributed by atoms with E-state index in [0.29, 0.717) is 6.42 Å². The van der Waals surface area contributed by atoms with Crippen LogP contribution in [0.2, 0.25) is 0 Å². The first-order valence-corrected chi connectivity index (χ1v) is 6.12. The average molecular weight is 202 g/mol. The fraction of sp³-hybridized carbons (Fsp3) is 1.00. The van der Waals surface area contributed by atoms with Crippen LogP contribution in [-0.4, -0.2) is 37.6 Å². The van der Waals surface area contributed by atoms with Gasteiger partial charge in [-0.05, 0) is 6.42 Å². The summed E-state index contributed by atoms with van der Waals surface area (Å²) in [6.45, 7) is 2.14. The molecule has 0 aromatic rings. The van der Waals surface area contributed by atoms with E-state index in [1.54, 1.807) is 0 Å². The van der Waals surface area contributed by atoms with E-state index >= 15 is 0 Å². The Balaban J connectivity index is 0. The zero-order valence-corrected chi connectivity index (χ0v) is 8.44. The Hall–Kier alpha value is 0.507. The van der Waals surface area contributed by atoms with Gasteiger partial charge in [0.25, 0.3) is 10.1 Å². The molecule has 0 spiro atoms. The van der Waals surface area contributed by atoms with E-state index in [1.165, 1.54) is 19.3 Å². The third-order valence-corrected chi connectivity index (χ3v) is 2.56. The van der Waals surface area contributed by atoms with Crippen molar-refractivity contribution < 1.29 is 13.0 Å². The van der Waals surface area contributed by atoms with Gasteiger partial charge in [0, 0.05) is 0 Å². The molecule has 0 aliphatic carbocycles. The van der Waals surface area contributed by atoms with Crippen molar-refractivity contribution in [1.29, 1.82) is 0 Å². The standard InChI is InChI=1S/C8H18O3S.Li.H/c1-2-3-4-5-6-7-8-12(9,10)11;;/h2-8H2,1H3,(H,9,10,11);;. The molecule has 0 radical (unpaired) electrons. The van der Waals surface area contributed by atoms with Crippen molar-refractivity contribution in [3.05, 3.63) is 0 Å². The summed E-state index contributed by atoms with van der Waals surface area (Å²) in [5.74, 6) is -0.0842. The maximum atomic E-state index is 10.3. The molecule has 0 rings (SSSR count). The van der Waals surface area contributed by atoms with Crippen molar-refractivity contribution in [1.82, 2.24) is 0 Å². The molecular weight excluding hydrogens is 183 g/mol. The minimum atomic E-state index is -3.72. The van der Waals surface area contributed by atoms with Crippen molar-refractivity contribution in [3.8, 4) is 0 Å². The molecule has 13 heavy (non-hydrogen) atoms. The predicted octanol–water partition coefficient (Wildman–Crippen LogP) is 1.59. The van der Waals surface area contributed by atoms with E-state index in [1.807, 2.05) is 0 Å². The van der Waals surface area contributed by atoms with Gasteiger partial charge in [-0.1, -0.05) is 39.0 Å². The Labute approximate surface area is 93.2 Å². The van der Waals surface area contributed by atoms with Gasteiger partial charge in [0.1, 0.15) is 0 Å². The zero-order chi connectivity index (χ0) is 9.45. The summed E-state index contributed by atoms with van der Waals surface area (Å²) in [7, 11) is -3.72. The van der Waals surface area contributed by atoms with E-state index in [9.17, 15) is 8.42 Å². The van der Waals surface area contributed by atoms with Gasteiger partial charge >= 0.3 is 18.9 Å². The first-order valence-electron chi connectivity index (χ1n) is 4.51. The molecule has 0 fully saturated rings.